The van der Waals surface area contributed by atoms with E-state index in [1.165, 1.54) is 18.4 Å². The van der Waals surface area contributed by atoms with Crippen LogP contribution in [0.15, 0.2) is 24.3 Å². The van der Waals surface area contributed by atoms with Crippen LogP contribution in [-0.4, -0.2) is 36.0 Å². The van der Waals surface area contributed by atoms with Crippen LogP contribution >= 0.6 is 0 Å². The average Bonchev–Trinajstić information content (AvgIpc) is 2.83. The van der Waals surface area contributed by atoms with Crippen molar-refractivity contribution >= 4 is 5.91 Å². The molecule has 0 aromatic heterocycles. The van der Waals surface area contributed by atoms with Gasteiger partial charge in [0.05, 0.1) is 5.92 Å². The lowest BCUT2D eigenvalue weighted by molar-refractivity contribution is -0.133. The second-order valence-electron chi connectivity index (χ2n) is 6.85. The Hall–Kier alpha value is -1.35. The highest BCUT2D eigenvalue weighted by Gasteiger charge is 2.37. The summed E-state index contributed by atoms with van der Waals surface area (Å²) in [6.45, 7) is 4.11. The molecule has 0 spiro atoms. The lowest BCUT2D eigenvalue weighted by Gasteiger charge is -2.36. The van der Waals surface area contributed by atoms with E-state index in [1.807, 2.05) is 24.9 Å². The van der Waals surface area contributed by atoms with E-state index in [9.17, 15) is 4.79 Å². The first kappa shape index (κ1) is 14.6. The zero-order valence-corrected chi connectivity index (χ0v) is 13.3. The molecule has 0 aliphatic carbocycles. The van der Waals surface area contributed by atoms with E-state index in [-0.39, 0.29) is 11.8 Å². The van der Waals surface area contributed by atoms with E-state index >= 15 is 0 Å². The number of carbonyl (C=O) groups excluding carboxylic acids is 1. The number of aryl methyl sites for hydroxylation is 1. The summed E-state index contributed by atoms with van der Waals surface area (Å²) in [5.41, 5.74) is 2.35. The number of fused-ring (bicyclic) bond motifs is 2. The molecule has 3 rings (SSSR count). The third-order valence-electron chi connectivity index (χ3n) is 5.26. The predicted molar refractivity (Wildman–Crippen MR) is 85.3 cm³/mol. The molecule has 21 heavy (non-hydrogen) atoms. The number of rotatable bonds is 3. The van der Waals surface area contributed by atoms with Gasteiger partial charge in [-0.15, -0.1) is 0 Å². The van der Waals surface area contributed by atoms with Crippen LogP contribution in [0.4, 0.5) is 0 Å². The van der Waals surface area contributed by atoms with Gasteiger partial charge in [0, 0.05) is 25.2 Å². The Morgan fingerprint density at radius 2 is 1.95 bits per heavy atom. The number of piperidine rings is 1. The molecule has 1 aromatic carbocycles. The van der Waals surface area contributed by atoms with Gasteiger partial charge in [0.1, 0.15) is 0 Å². The minimum atomic E-state index is -0.0533. The molecule has 2 fully saturated rings. The molecular weight excluding hydrogens is 260 g/mol. The van der Waals surface area contributed by atoms with Crippen LogP contribution in [0, 0.1) is 6.92 Å². The SMILES string of the molecule is Cc1cccc(C(C)C(=O)N(C)C2CC3CCC(C2)N3)c1. The Balaban J connectivity index is 1.69. The molecular formula is C18H26N2O. The highest BCUT2D eigenvalue weighted by molar-refractivity contribution is 5.83. The summed E-state index contributed by atoms with van der Waals surface area (Å²) in [4.78, 5) is 14.8. The minimum absolute atomic E-state index is 0.0533. The van der Waals surface area contributed by atoms with Crippen molar-refractivity contribution < 1.29 is 4.79 Å². The van der Waals surface area contributed by atoms with Gasteiger partial charge in [0.25, 0.3) is 0 Å². The van der Waals surface area contributed by atoms with Crippen molar-refractivity contribution in [1.82, 2.24) is 10.2 Å². The summed E-state index contributed by atoms with van der Waals surface area (Å²) in [6, 6.07) is 9.96. The molecule has 1 amide bonds. The maximum absolute atomic E-state index is 12.8. The van der Waals surface area contributed by atoms with Crippen molar-refractivity contribution in [3.63, 3.8) is 0 Å². The van der Waals surface area contributed by atoms with Crippen LogP contribution in [0.2, 0.25) is 0 Å². The Kier molecular flexibility index (Phi) is 4.03. The fourth-order valence-electron chi connectivity index (χ4n) is 3.91. The highest BCUT2D eigenvalue weighted by atomic mass is 16.2. The van der Waals surface area contributed by atoms with E-state index in [2.05, 4.69) is 30.4 Å². The van der Waals surface area contributed by atoms with Gasteiger partial charge < -0.3 is 10.2 Å². The van der Waals surface area contributed by atoms with Crippen LogP contribution in [0.25, 0.3) is 0 Å². The van der Waals surface area contributed by atoms with E-state index in [0.29, 0.717) is 18.1 Å². The number of benzene rings is 1. The van der Waals surface area contributed by atoms with Gasteiger partial charge in [-0.3, -0.25) is 4.79 Å². The molecule has 3 unspecified atom stereocenters. The van der Waals surface area contributed by atoms with Gasteiger partial charge >= 0.3 is 0 Å². The smallest absolute Gasteiger partial charge is 0.229 e. The molecule has 2 saturated heterocycles. The number of hydrogen-bond donors (Lipinski definition) is 1. The Morgan fingerprint density at radius 3 is 2.57 bits per heavy atom. The van der Waals surface area contributed by atoms with Gasteiger partial charge in [0.2, 0.25) is 5.91 Å². The molecule has 2 aliphatic rings. The molecule has 1 N–H and O–H groups in total. The van der Waals surface area contributed by atoms with Crippen LogP contribution < -0.4 is 5.32 Å². The summed E-state index contributed by atoms with van der Waals surface area (Å²) >= 11 is 0. The largest absolute Gasteiger partial charge is 0.342 e. The van der Waals surface area contributed by atoms with Crippen LogP contribution in [0.5, 0.6) is 0 Å². The molecule has 0 radical (unpaired) electrons. The Bertz CT molecular complexity index is 516. The first-order valence-corrected chi connectivity index (χ1v) is 8.14. The van der Waals surface area contributed by atoms with Crippen molar-refractivity contribution in [2.75, 3.05) is 7.05 Å². The fraction of sp³-hybridized carbons (Fsp3) is 0.611. The number of carbonyl (C=O) groups is 1. The molecule has 0 saturated carbocycles. The van der Waals surface area contributed by atoms with Gasteiger partial charge in [-0.1, -0.05) is 29.8 Å². The molecule has 2 bridgehead atoms. The third-order valence-corrected chi connectivity index (χ3v) is 5.26. The maximum Gasteiger partial charge on any atom is 0.229 e. The lowest BCUT2D eigenvalue weighted by atomic mass is 9.94. The Morgan fingerprint density at radius 1 is 1.29 bits per heavy atom. The van der Waals surface area contributed by atoms with Crippen molar-refractivity contribution in [3.05, 3.63) is 35.4 Å². The zero-order valence-electron chi connectivity index (χ0n) is 13.3. The fourth-order valence-corrected chi connectivity index (χ4v) is 3.91. The van der Waals surface area contributed by atoms with Crippen LogP contribution in [-0.2, 0) is 4.79 Å². The third kappa shape index (κ3) is 2.98. The summed E-state index contributed by atoms with van der Waals surface area (Å²) in [5, 5.41) is 3.64. The first-order chi connectivity index (χ1) is 10.0. The number of likely N-dealkylation sites (N-methyl/N-ethyl adjacent to an activating group) is 1. The quantitative estimate of drug-likeness (QED) is 0.926. The number of nitrogens with zero attached hydrogens (tertiary/aromatic N) is 1. The predicted octanol–water partition coefficient (Wildman–Crippen LogP) is 2.84. The summed E-state index contributed by atoms with van der Waals surface area (Å²) in [5.74, 6) is 0.203. The van der Waals surface area contributed by atoms with Crippen molar-refractivity contribution in [2.45, 2.75) is 63.6 Å². The summed E-state index contributed by atoms with van der Waals surface area (Å²) in [6.07, 6.45) is 4.77. The van der Waals surface area contributed by atoms with Crippen molar-refractivity contribution in [1.29, 1.82) is 0 Å². The van der Waals surface area contributed by atoms with Gasteiger partial charge in [0.15, 0.2) is 0 Å². The Labute approximate surface area is 127 Å². The topological polar surface area (TPSA) is 32.3 Å². The molecule has 3 atom stereocenters. The zero-order chi connectivity index (χ0) is 15.0. The molecule has 3 nitrogen and oxygen atoms in total. The van der Waals surface area contributed by atoms with E-state index in [1.54, 1.807) is 0 Å². The van der Waals surface area contributed by atoms with E-state index in [0.717, 1.165) is 18.4 Å². The molecule has 114 valence electrons. The van der Waals surface area contributed by atoms with E-state index in [4.69, 9.17) is 0 Å². The minimum Gasteiger partial charge on any atom is -0.342 e. The maximum atomic E-state index is 12.8. The van der Waals surface area contributed by atoms with Gasteiger partial charge in [-0.05, 0) is 45.1 Å². The number of amides is 1. The van der Waals surface area contributed by atoms with Crippen LogP contribution in [0.3, 0.4) is 0 Å². The number of hydrogen-bond acceptors (Lipinski definition) is 2. The average molecular weight is 286 g/mol. The normalized spacial score (nSPS) is 29.2. The lowest BCUT2D eigenvalue weighted by Crippen LogP contribution is -2.49. The van der Waals surface area contributed by atoms with Crippen molar-refractivity contribution in [2.24, 2.45) is 0 Å². The second kappa shape index (κ2) is 5.80. The molecule has 3 heteroatoms. The van der Waals surface area contributed by atoms with Crippen molar-refractivity contribution in [3.8, 4) is 0 Å². The summed E-state index contributed by atoms with van der Waals surface area (Å²) in [7, 11) is 1.99. The summed E-state index contributed by atoms with van der Waals surface area (Å²) < 4.78 is 0. The number of nitrogens with one attached hydrogen (secondary N) is 1. The van der Waals surface area contributed by atoms with E-state index < -0.39 is 0 Å². The monoisotopic (exact) mass is 286 g/mol. The van der Waals surface area contributed by atoms with Crippen LogP contribution in [0.1, 0.15) is 49.7 Å². The molecule has 2 heterocycles. The van der Waals surface area contributed by atoms with Gasteiger partial charge in [-0.25, -0.2) is 0 Å². The highest BCUT2D eigenvalue weighted by Crippen LogP contribution is 2.30. The first-order valence-electron chi connectivity index (χ1n) is 8.14. The molecule has 2 aliphatic heterocycles. The van der Waals surface area contributed by atoms with Gasteiger partial charge in [-0.2, -0.15) is 0 Å². The molecule has 1 aromatic rings. The standard InChI is InChI=1S/C18H26N2O/c1-12-5-4-6-14(9-12)13(2)18(21)20(3)17-10-15-7-8-16(11-17)19-15/h4-6,9,13,15-17,19H,7-8,10-11H2,1-3H3. The second-order valence-corrected chi connectivity index (χ2v) is 6.85.